The minimum Gasteiger partial charge on any atom is -0.273 e. The molecule has 0 aliphatic rings. The maximum Gasteiger partial charge on any atom is 0.348 e. The van der Waals surface area contributed by atoms with Gasteiger partial charge in [-0.1, -0.05) is 41.7 Å². The number of aromatic nitrogens is 3. The van der Waals surface area contributed by atoms with Crippen molar-refractivity contribution in [3.63, 3.8) is 0 Å². The fourth-order valence-corrected chi connectivity index (χ4v) is 3.33. The fourth-order valence-electron chi connectivity index (χ4n) is 2.56. The maximum absolute atomic E-state index is 11.2. The van der Waals surface area contributed by atoms with E-state index in [0.29, 0.717) is 4.83 Å². The molecule has 0 saturated heterocycles. The molecule has 1 N–H and O–H groups in total. The summed E-state index contributed by atoms with van der Waals surface area (Å²) in [6.45, 7) is 0. The monoisotopic (exact) mass is 395 g/mol. The number of nitrogens with zero attached hydrogens (tertiary/aromatic N) is 6. The molecule has 12 heteroatoms. The Balaban J connectivity index is 1.93. The van der Waals surface area contributed by atoms with Crippen molar-refractivity contribution in [3.05, 3.63) is 73.1 Å². The molecular weight excluding hydrogens is 386 g/mol. The number of hydrogen-bond donors (Lipinski definition) is 1. The van der Waals surface area contributed by atoms with Gasteiger partial charge < -0.3 is 0 Å². The van der Waals surface area contributed by atoms with Crippen LogP contribution in [-0.2, 0) is 0 Å². The van der Waals surface area contributed by atoms with E-state index in [-0.39, 0.29) is 21.5 Å². The van der Waals surface area contributed by atoms with Crippen LogP contribution in [0.5, 0.6) is 0 Å². The van der Waals surface area contributed by atoms with Crippen molar-refractivity contribution < 1.29 is 9.85 Å². The fraction of sp³-hybridized carbons (Fsp3) is 0. The van der Waals surface area contributed by atoms with E-state index in [1.54, 1.807) is 6.21 Å². The molecule has 0 unspecified atom stereocenters. The number of thiazole rings is 1. The molecule has 4 rings (SSSR count). The third-order valence-electron chi connectivity index (χ3n) is 3.81. The quantitative estimate of drug-likeness (QED) is 0.318. The van der Waals surface area contributed by atoms with Crippen LogP contribution in [0.15, 0.2) is 47.6 Å². The summed E-state index contributed by atoms with van der Waals surface area (Å²) in [7, 11) is 0. The first-order chi connectivity index (χ1) is 13.4. The summed E-state index contributed by atoms with van der Waals surface area (Å²) < 4.78 is 1.26. The maximum atomic E-state index is 11.2. The van der Waals surface area contributed by atoms with Crippen LogP contribution in [0.3, 0.4) is 0 Å². The summed E-state index contributed by atoms with van der Waals surface area (Å²) in [5.41, 5.74) is -0.0568. The Kier molecular flexibility index (Phi) is 4.08. The van der Waals surface area contributed by atoms with E-state index in [4.69, 9.17) is 5.41 Å². The van der Waals surface area contributed by atoms with Crippen molar-refractivity contribution in [2.24, 2.45) is 5.10 Å². The van der Waals surface area contributed by atoms with Crippen molar-refractivity contribution in [1.82, 2.24) is 14.6 Å². The average molecular weight is 395 g/mol. The summed E-state index contributed by atoms with van der Waals surface area (Å²) in [6.07, 6.45) is 1.55. The second-order valence-electron chi connectivity index (χ2n) is 5.57. The Labute approximate surface area is 159 Å². The van der Waals surface area contributed by atoms with Gasteiger partial charge in [-0.2, -0.15) is 9.78 Å². The lowest BCUT2D eigenvalue weighted by molar-refractivity contribution is -0.422. The number of nitro benzene ring substituents is 2. The summed E-state index contributed by atoms with van der Waals surface area (Å²) in [5, 5.41) is 34.6. The highest BCUT2D eigenvalue weighted by Crippen LogP contribution is 2.31. The van der Waals surface area contributed by atoms with Crippen LogP contribution in [0.1, 0.15) is 5.56 Å². The van der Waals surface area contributed by atoms with Gasteiger partial charge in [0.25, 0.3) is 0 Å². The van der Waals surface area contributed by atoms with Gasteiger partial charge in [0.15, 0.2) is 10.5 Å². The standard InChI is InChI=1S/C16H9N7O4S/c17-16-21(18-8-9-4-2-1-3-5-9)14-15(28-16)20-11-7-13(23(26)27)12(22(24)25)6-10(11)19-14/h1-8,17H. The van der Waals surface area contributed by atoms with E-state index < -0.39 is 21.2 Å². The Morgan fingerprint density at radius 3 is 2.25 bits per heavy atom. The number of benzene rings is 2. The van der Waals surface area contributed by atoms with E-state index in [2.05, 4.69) is 15.1 Å². The van der Waals surface area contributed by atoms with Crippen molar-refractivity contribution in [3.8, 4) is 0 Å². The molecule has 138 valence electrons. The first-order valence-corrected chi connectivity index (χ1v) is 8.56. The third kappa shape index (κ3) is 2.97. The summed E-state index contributed by atoms with van der Waals surface area (Å²) in [6, 6.07) is 11.3. The highest BCUT2D eigenvalue weighted by atomic mass is 32.1. The van der Waals surface area contributed by atoms with Gasteiger partial charge in [-0.05, 0) is 5.56 Å². The van der Waals surface area contributed by atoms with Gasteiger partial charge in [0.05, 0.1) is 39.2 Å². The van der Waals surface area contributed by atoms with Gasteiger partial charge in [-0.15, -0.1) is 0 Å². The lowest BCUT2D eigenvalue weighted by atomic mass is 10.2. The van der Waals surface area contributed by atoms with E-state index in [1.807, 2.05) is 30.3 Å². The Morgan fingerprint density at radius 1 is 1.04 bits per heavy atom. The van der Waals surface area contributed by atoms with Crippen LogP contribution in [0.2, 0.25) is 0 Å². The molecule has 2 heterocycles. The van der Waals surface area contributed by atoms with Gasteiger partial charge in [0.2, 0.25) is 4.80 Å². The molecule has 0 spiro atoms. The van der Waals surface area contributed by atoms with Crippen LogP contribution in [0, 0.1) is 25.6 Å². The summed E-state index contributed by atoms with van der Waals surface area (Å²) in [4.78, 5) is 29.6. The SMILES string of the molecule is N=c1sc2nc3cc([N+](=O)[O-])c([N+](=O)[O-])cc3nc2n1N=Cc1ccccc1. The van der Waals surface area contributed by atoms with Gasteiger partial charge in [0.1, 0.15) is 0 Å². The Morgan fingerprint density at radius 2 is 1.64 bits per heavy atom. The molecule has 0 aliphatic heterocycles. The molecular formula is C16H9N7O4S. The molecule has 0 atom stereocenters. The van der Waals surface area contributed by atoms with Crippen LogP contribution in [-0.4, -0.2) is 30.7 Å². The number of rotatable bonds is 4. The number of nitrogens with one attached hydrogen (secondary N) is 1. The van der Waals surface area contributed by atoms with Crippen molar-refractivity contribution in [1.29, 1.82) is 5.41 Å². The van der Waals surface area contributed by atoms with Crippen LogP contribution in [0.4, 0.5) is 11.4 Å². The number of fused-ring (bicyclic) bond motifs is 2. The van der Waals surface area contributed by atoms with Gasteiger partial charge in [0, 0.05) is 0 Å². The zero-order valence-corrected chi connectivity index (χ0v) is 14.7. The highest BCUT2D eigenvalue weighted by Gasteiger charge is 2.26. The largest absolute Gasteiger partial charge is 0.348 e. The van der Waals surface area contributed by atoms with E-state index in [9.17, 15) is 20.2 Å². The smallest absolute Gasteiger partial charge is 0.273 e. The summed E-state index contributed by atoms with van der Waals surface area (Å²) >= 11 is 0.992. The first-order valence-electron chi connectivity index (χ1n) is 7.74. The second kappa shape index (κ2) is 6.59. The molecule has 2 aromatic heterocycles. The molecule has 0 bridgehead atoms. The number of hydrogen-bond acceptors (Lipinski definition) is 9. The predicted octanol–water partition coefficient (Wildman–Crippen LogP) is 2.82. The molecule has 0 fully saturated rings. The van der Waals surface area contributed by atoms with Crippen LogP contribution >= 0.6 is 11.3 Å². The lowest BCUT2D eigenvalue weighted by Gasteiger charge is -2.00. The normalized spacial score (nSPS) is 11.4. The van der Waals surface area contributed by atoms with E-state index >= 15 is 0 Å². The Hall–Kier alpha value is -4.06. The molecule has 4 aromatic rings. The average Bonchev–Trinajstić information content (AvgIpc) is 2.98. The zero-order valence-electron chi connectivity index (χ0n) is 13.8. The molecule has 28 heavy (non-hydrogen) atoms. The molecule has 0 saturated carbocycles. The third-order valence-corrected chi connectivity index (χ3v) is 4.65. The molecule has 0 amide bonds. The van der Waals surface area contributed by atoms with E-state index in [0.717, 1.165) is 29.0 Å². The summed E-state index contributed by atoms with van der Waals surface area (Å²) in [5.74, 6) is 0. The van der Waals surface area contributed by atoms with Crippen molar-refractivity contribution in [2.75, 3.05) is 0 Å². The van der Waals surface area contributed by atoms with Gasteiger partial charge >= 0.3 is 11.4 Å². The Bertz CT molecular complexity index is 1340. The molecule has 2 aromatic carbocycles. The van der Waals surface area contributed by atoms with Gasteiger partial charge in [-0.3, -0.25) is 25.6 Å². The number of nitro groups is 2. The van der Waals surface area contributed by atoms with Crippen LogP contribution in [0.25, 0.3) is 21.5 Å². The second-order valence-corrected chi connectivity index (χ2v) is 6.55. The van der Waals surface area contributed by atoms with Crippen molar-refractivity contribution in [2.45, 2.75) is 0 Å². The topological polar surface area (TPSA) is 153 Å². The van der Waals surface area contributed by atoms with Crippen LogP contribution < -0.4 is 4.80 Å². The molecule has 0 aliphatic carbocycles. The lowest BCUT2D eigenvalue weighted by Crippen LogP contribution is -2.08. The first kappa shape index (κ1) is 17.4. The zero-order chi connectivity index (χ0) is 19.8. The van der Waals surface area contributed by atoms with Crippen molar-refractivity contribution >= 4 is 50.4 Å². The highest BCUT2D eigenvalue weighted by molar-refractivity contribution is 7.15. The van der Waals surface area contributed by atoms with E-state index in [1.165, 1.54) is 4.68 Å². The molecule has 0 radical (unpaired) electrons. The minimum atomic E-state index is -0.839. The molecule has 11 nitrogen and oxygen atoms in total. The predicted molar refractivity (Wildman–Crippen MR) is 102 cm³/mol. The minimum absolute atomic E-state index is 0.0430. The van der Waals surface area contributed by atoms with Gasteiger partial charge in [-0.25, -0.2) is 9.97 Å².